The Balaban J connectivity index is 1.44. The van der Waals surface area contributed by atoms with Crippen LogP contribution in [0.1, 0.15) is 32.8 Å². The fourth-order valence-corrected chi connectivity index (χ4v) is 4.18. The molecule has 7 nitrogen and oxygen atoms in total. The third-order valence-electron chi connectivity index (χ3n) is 5.20. The number of carbonyl (C=O) groups is 1. The highest BCUT2D eigenvalue weighted by Crippen LogP contribution is 2.29. The Kier molecular flexibility index (Phi) is 6.66. The molecule has 2 aliphatic heterocycles. The zero-order valence-corrected chi connectivity index (χ0v) is 17.5. The lowest BCUT2D eigenvalue weighted by molar-refractivity contribution is -0.0199. The lowest BCUT2D eigenvalue weighted by Crippen LogP contribution is -2.56. The minimum atomic E-state index is -0.591. The van der Waals surface area contributed by atoms with E-state index in [0.717, 1.165) is 19.5 Å². The minimum Gasteiger partial charge on any atom is -0.491 e. The molecule has 3 atom stereocenters. The fourth-order valence-electron chi connectivity index (χ4n) is 4.18. The second kappa shape index (κ2) is 9.02. The summed E-state index contributed by atoms with van der Waals surface area (Å²) in [6.07, 6.45) is 0.302. The molecule has 1 amide bonds. The van der Waals surface area contributed by atoms with Crippen molar-refractivity contribution in [1.82, 2.24) is 9.80 Å². The molecule has 1 aromatic carbocycles. The van der Waals surface area contributed by atoms with Crippen molar-refractivity contribution in [2.75, 3.05) is 39.3 Å². The Morgan fingerprint density at radius 3 is 2.38 bits per heavy atom. The summed E-state index contributed by atoms with van der Waals surface area (Å²) < 4.78 is 11.2. The van der Waals surface area contributed by atoms with Crippen LogP contribution < -0.4 is 4.74 Å². The van der Waals surface area contributed by atoms with Crippen LogP contribution in [-0.2, 0) is 4.74 Å². The van der Waals surface area contributed by atoms with E-state index in [4.69, 9.17) is 14.7 Å². The Morgan fingerprint density at radius 2 is 1.83 bits per heavy atom. The molecule has 1 aromatic rings. The summed E-state index contributed by atoms with van der Waals surface area (Å²) in [7, 11) is 0. The van der Waals surface area contributed by atoms with E-state index >= 15 is 0 Å². The van der Waals surface area contributed by atoms with Gasteiger partial charge in [0.2, 0.25) is 0 Å². The SMILES string of the molecule is CC(C)(C)OC(=O)N1CC2CC(CN(C[C@H](O)COc3ccc(C#N)cc3)C2)C1. The summed E-state index contributed by atoms with van der Waals surface area (Å²) in [6, 6.07) is 8.94. The van der Waals surface area contributed by atoms with Gasteiger partial charge in [-0.25, -0.2) is 4.79 Å². The molecule has 2 saturated heterocycles. The number of hydrogen-bond donors (Lipinski definition) is 1. The van der Waals surface area contributed by atoms with Gasteiger partial charge in [0.1, 0.15) is 24.1 Å². The predicted octanol–water partition coefficient (Wildman–Crippen LogP) is 2.49. The number of aliphatic hydroxyl groups excluding tert-OH is 1. The number of piperidine rings is 2. The largest absolute Gasteiger partial charge is 0.491 e. The van der Waals surface area contributed by atoms with Crippen LogP contribution in [0.15, 0.2) is 24.3 Å². The molecule has 0 radical (unpaired) electrons. The van der Waals surface area contributed by atoms with Crippen molar-refractivity contribution in [2.24, 2.45) is 11.8 Å². The van der Waals surface area contributed by atoms with Crippen LogP contribution in [0.2, 0.25) is 0 Å². The van der Waals surface area contributed by atoms with E-state index in [2.05, 4.69) is 11.0 Å². The topological polar surface area (TPSA) is 86.0 Å². The van der Waals surface area contributed by atoms with Crippen LogP contribution in [0, 0.1) is 23.2 Å². The molecule has 1 N–H and O–H groups in total. The first-order valence-corrected chi connectivity index (χ1v) is 10.2. The molecule has 0 spiro atoms. The second-order valence-corrected chi connectivity index (χ2v) is 9.17. The van der Waals surface area contributed by atoms with Crippen molar-refractivity contribution in [2.45, 2.75) is 38.9 Å². The second-order valence-electron chi connectivity index (χ2n) is 9.17. The maximum Gasteiger partial charge on any atom is 0.410 e. The maximum atomic E-state index is 12.4. The molecule has 2 bridgehead atoms. The highest BCUT2D eigenvalue weighted by Gasteiger charge is 2.37. The molecule has 2 fully saturated rings. The molecule has 7 heteroatoms. The molecule has 158 valence electrons. The van der Waals surface area contributed by atoms with Gasteiger partial charge in [-0.1, -0.05) is 0 Å². The number of ether oxygens (including phenoxy) is 2. The molecule has 3 rings (SSSR count). The number of likely N-dealkylation sites (tertiary alicyclic amines) is 2. The average Bonchev–Trinajstić information content (AvgIpc) is 2.64. The Hall–Kier alpha value is -2.30. The normalized spacial score (nSPS) is 23.2. The molecular formula is C22H31N3O4. The summed E-state index contributed by atoms with van der Waals surface area (Å²) in [5, 5.41) is 19.2. The van der Waals surface area contributed by atoms with E-state index < -0.39 is 11.7 Å². The summed E-state index contributed by atoms with van der Waals surface area (Å²) in [5.41, 5.74) is 0.104. The molecular weight excluding hydrogens is 370 g/mol. The number of fused-ring (bicyclic) bond motifs is 2. The van der Waals surface area contributed by atoms with Crippen LogP contribution in [0.3, 0.4) is 0 Å². The number of hydrogen-bond acceptors (Lipinski definition) is 6. The average molecular weight is 402 g/mol. The fraction of sp³-hybridized carbons (Fsp3) is 0.636. The molecule has 0 saturated carbocycles. The van der Waals surface area contributed by atoms with Gasteiger partial charge in [-0.2, -0.15) is 5.26 Å². The summed E-state index contributed by atoms with van der Waals surface area (Å²) in [5.74, 6) is 1.45. The highest BCUT2D eigenvalue weighted by atomic mass is 16.6. The number of rotatable bonds is 5. The van der Waals surface area contributed by atoms with Gasteiger partial charge >= 0.3 is 6.09 Å². The lowest BCUT2D eigenvalue weighted by Gasteiger charge is -2.46. The van der Waals surface area contributed by atoms with Crippen molar-refractivity contribution in [3.8, 4) is 11.8 Å². The van der Waals surface area contributed by atoms with E-state index in [-0.39, 0.29) is 12.7 Å². The van der Waals surface area contributed by atoms with Gasteiger partial charge in [0, 0.05) is 32.7 Å². The first kappa shape index (κ1) is 21.4. The van der Waals surface area contributed by atoms with Gasteiger partial charge in [-0.05, 0) is 63.3 Å². The number of nitriles is 1. The standard InChI is InChI=1S/C22H31N3O4/c1-22(2,3)29-21(27)25-12-17-8-18(13-25)11-24(10-17)14-19(26)15-28-20-6-4-16(9-23)5-7-20/h4-7,17-19,26H,8,10-15H2,1-3H3/t17?,18?,19-/m0/s1. The Bertz CT molecular complexity index is 724. The van der Waals surface area contributed by atoms with Crippen LogP contribution >= 0.6 is 0 Å². The monoisotopic (exact) mass is 401 g/mol. The van der Waals surface area contributed by atoms with E-state index in [9.17, 15) is 9.90 Å². The Morgan fingerprint density at radius 1 is 1.21 bits per heavy atom. The van der Waals surface area contributed by atoms with Crippen molar-refractivity contribution in [1.29, 1.82) is 5.26 Å². The van der Waals surface area contributed by atoms with Crippen LogP contribution in [0.4, 0.5) is 4.79 Å². The van der Waals surface area contributed by atoms with Gasteiger partial charge in [0.25, 0.3) is 0 Å². The number of carbonyl (C=O) groups excluding carboxylic acids is 1. The highest BCUT2D eigenvalue weighted by molar-refractivity contribution is 5.68. The van der Waals surface area contributed by atoms with E-state index in [1.54, 1.807) is 24.3 Å². The first-order chi connectivity index (χ1) is 13.7. The summed E-state index contributed by atoms with van der Waals surface area (Å²) in [6.45, 7) is 9.57. The zero-order chi connectivity index (χ0) is 21.0. The lowest BCUT2D eigenvalue weighted by atomic mass is 9.84. The quantitative estimate of drug-likeness (QED) is 0.816. The smallest absolute Gasteiger partial charge is 0.410 e. The van der Waals surface area contributed by atoms with Gasteiger partial charge in [-0.3, -0.25) is 4.90 Å². The molecule has 29 heavy (non-hydrogen) atoms. The zero-order valence-electron chi connectivity index (χ0n) is 17.5. The molecule has 0 aromatic heterocycles. The molecule has 0 aliphatic carbocycles. The van der Waals surface area contributed by atoms with Gasteiger partial charge in [0.05, 0.1) is 11.6 Å². The van der Waals surface area contributed by atoms with Gasteiger partial charge in [0.15, 0.2) is 0 Å². The molecule has 2 unspecified atom stereocenters. The molecule has 2 heterocycles. The van der Waals surface area contributed by atoms with E-state index in [0.29, 0.717) is 42.8 Å². The van der Waals surface area contributed by atoms with Crippen LogP contribution in [0.25, 0.3) is 0 Å². The number of β-amino-alcohol motifs (C(OH)–C–C–N with tert-alkyl or cyclic N) is 1. The van der Waals surface area contributed by atoms with Gasteiger partial charge < -0.3 is 19.5 Å². The van der Waals surface area contributed by atoms with Crippen LogP contribution in [0.5, 0.6) is 5.75 Å². The third-order valence-corrected chi connectivity index (χ3v) is 5.20. The first-order valence-electron chi connectivity index (χ1n) is 10.2. The predicted molar refractivity (Wildman–Crippen MR) is 109 cm³/mol. The minimum absolute atomic E-state index is 0.210. The molecule has 2 aliphatic rings. The van der Waals surface area contributed by atoms with E-state index in [1.807, 2.05) is 25.7 Å². The van der Waals surface area contributed by atoms with Crippen molar-refractivity contribution in [3.63, 3.8) is 0 Å². The number of benzene rings is 1. The number of nitrogens with zero attached hydrogens (tertiary/aromatic N) is 3. The van der Waals surface area contributed by atoms with Crippen molar-refractivity contribution >= 4 is 6.09 Å². The third kappa shape index (κ3) is 6.34. The Labute approximate surface area is 172 Å². The number of aliphatic hydroxyl groups is 1. The van der Waals surface area contributed by atoms with E-state index in [1.165, 1.54) is 0 Å². The van der Waals surface area contributed by atoms with Gasteiger partial charge in [-0.15, -0.1) is 0 Å². The summed E-state index contributed by atoms with van der Waals surface area (Å²) in [4.78, 5) is 16.5. The van der Waals surface area contributed by atoms with Crippen molar-refractivity contribution < 1.29 is 19.4 Å². The van der Waals surface area contributed by atoms with Crippen molar-refractivity contribution in [3.05, 3.63) is 29.8 Å². The summed E-state index contributed by atoms with van der Waals surface area (Å²) >= 11 is 0. The number of amides is 1. The van der Waals surface area contributed by atoms with Crippen LogP contribution in [-0.4, -0.2) is 72.0 Å². The maximum absolute atomic E-state index is 12.4.